The Hall–Kier alpha value is -1.10. The van der Waals surface area contributed by atoms with E-state index in [2.05, 4.69) is 0 Å². The molecule has 0 aliphatic heterocycles. The third-order valence-electron chi connectivity index (χ3n) is 3.96. The van der Waals surface area contributed by atoms with Crippen molar-refractivity contribution in [2.24, 2.45) is 11.8 Å². The lowest BCUT2D eigenvalue weighted by Crippen LogP contribution is -2.47. The van der Waals surface area contributed by atoms with E-state index < -0.39 is 11.9 Å². The van der Waals surface area contributed by atoms with Crippen LogP contribution in [0, 0.1) is 11.8 Å². The number of carboxylic acids is 1. The van der Waals surface area contributed by atoms with Crippen molar-refractivity contribution < 1.29 is 19.4 Å². The molecular weight excluding hydrogens is 246 g/mol. The van der Waals surface area contributed by atoms with Crippen LogP contribution in [0.3, 0.4) is 0 Å². The van der Waals surface area contributed by atoms with Crippen LogP contribution in [0.1, 0.15) is 39.5 Å². The van der Waals surface area contributed by atoms with Crippen molar-refractivity contribution in [3.63, 3.8) is 0 Å². The monoisotopic (exact) mass is 271 g/mol. The summed E-state index contributed by atoms with van der Waals surface area (Å²) in [5, 5.41) is 9.26. The quantitative estimate of drug-likeness (QED) is 0.799. The number of nitrogens with zero attached hydrogens (tertiary/aromatic N) is 1. The van der Waals surface area contributed by atoms with Gasteiger partial charge in [-0.3, -0.25) is 9.59 Å². The van der Waals surface area contributed by atoms with Crippen LogP contribution in [-0.4, -0.2) is 48.2 Å². The fraction of sp³-hybridized carbons (Fsp3) is 0.857. The lowest BCUT2D eigenvalue weighted by Gasteiger charge is -2.35. The number of aliphatic carboxylic acids is 1. The zero-order valence-corrected chi connectivity index (χ0v) is 12.1. The Morgan fingerprint density at radius 1 is 1.32 bits per heavy atom. The minimum Gasteiger partial charge on any atom is -0.481 e. The molecule has 19 heavy (non-hydrogen) atoms. The van der Waals surface area contributed by atoms with Crippen molar-refractivity contribution in [2.75, 3.05) is 20.3 Å². The molecule has 1 aliphatic carbocycles. The van der Waals surface area contributed by atoms with E-state index in [0.29, 0.717) is 26.0 Å². The Morgan fingerprint density at radius 2 is 1.89 bits per heavy atom. The van der Waals surface area contributed by atoms with Gasteiger partial charge in [0.1, 0.15) is 0 Å². The van der Waals surface area contributed by atoms with Gasteiger partial charge in [0.15, 0.2) is 0 Å². The van der Waals surface area contributed by atoms with Gasteiger partial charge in [-0.25, -0.2) is 0 Å². The van der Waals surface area contributed by atoms with Crippen molar-refractivity contribution in [1.29, 1.82) is 0 Å². The van der Waals surface area contributed by atoms with Gasteiger partial charge in [-0.2, -0.15) is 0 Å². The first-order valence-electron chi connectivity index (χ1n) is 7.05. The molecule has 3 atom stereocenters. The van der Waals surface area contributed by atoms with Crippen molar-refractivity contribution in [1.82, 2.24) is 4.90 Å². The Bertz CT molecular complexity index is 319. The van der Waals surface area contributed by atoms with E-state index in [1.165, 1.54) is 0 Å². The van der Waals surface area contributed by atoms with E-state index in [9.17, 15) is 14.7 Å². The Balaban J connectivity index is 2.79. The first-order chi connectivity index (χ1) is 9.02. The summed E-state index contributed by atoms with van der Waals surface area (Å²) in [6, 6.07) is -0.0149. The molecule has 0 aromatic rings. The molecule has 5 heteroatoms. The Kier molecular flexibility index (Phi) is 6.28. The second-order valence-corrected chi connectivity index (χ2v) is 5.26. The molecule has 1 unspecified atom stereocenters. The maximum Gasteiger partial charge on any atom is 0.307 e. The maximum atomic E-state index is 12.6. The van der Waals surface area contributed by atoms with Crippen LogP contribution in [0.25, 0.3) is 0 Å². The number of carbonyl (C=O) groups is 2. The molecule has 5 nitrogen and oxygen atoms in total. The van der Waals surface area contributed by atoms with Crippen LogP contribution in [0.4, 0.5) is 0 Å². The maximum absolute atomic E-state index is 12.6. The van der Waals surface area contributed by atoms with E-state index in [1.54, 1.807) is 12.0 Å². The van der Waals surface area contributed by atoms with Gasteiger partial charge < -0.3 is 14.7 Å². The predicted octanol–water partition coefficient (Wildman–Crippen LogP) is 1.76. The van der Waals surface area contributed by atoms with Crippen molar-refractivity contribution >= 4 is 11.9 Å². The summed E-state index contributed by atoms with van der Waals surface area (Å²) in [5.74, 6) is -1.76. The van der Waals surface area contributed by atoms with Gasteiger partial charge in [0.05, 0.1) is 24.5 Å². The van der Waals surface area contributed by atoms with Crippen molar-refractivity contribution in [2.45, 2.75) is 45.6 Å². The standard InChI is InChI=1S/C14H25NO4/c1-4-15(10(2)9-19-3)13(16)11-7-5-6-8-12(11)14(17)18/h10-12H,4-9H2,1-3H3,(H,17,18)/t10?,11-,12+/m1/s1. The third kappa shape index (κ3) is 3.93. The molecule has 1 rings (SSSR count). The Morgan fingerprint density at radius 3 is 2.37 bits per heavy atom. The smallest absolute Gasteiger partial charge is 0.307 e. The number of hydrogen-bond donors (Lipinski definition) is 1. The Labute approximate surface area is 114 Å². The molecular formula is C14H25NO4. The van der Waals surface area contributed by atoms with Crippen LogP contribution in [0.5, 0.6) is 0 Å². The number of amides is 1. The van der Waals surface area contributed by atoms with E-state index in [1.807, 2.05) is 13.8 Å². The zero-order chi connectivity index (χ0) is 14.4. The molecule has 0 saturated heterocycles. The fourth-order valence-electron chi connectivity index (χ4n) is 2.95. The highest BCUT2D eigenvalue weighted by molar-refractivity contribution is 5.85. The third-order valence-corrected chi connectivity index (χ3v) is 3.96. The summed E-state index contributed by atoms with van der Waals surface area (Å²) in [4.78, 5) is 25.6. The molecule has 1 saturated carbocycles. The normalized spacial score (nSPS) is 24.8. The second kappa shape index (κ2) is 7.48. The van der Waals surface area contributed by atoms with Crippen LogP contribution in [-0.2, 0) is 14.3 Å². The number of hydrogen-bond acceptors (Lipinski definition) is 3. The van der Waals surface area contributed by atoms with E-state index in [4.69, 9.17) is 4.74 Å². The van der Waals surface area contributed by atoms with E-state index in [-0.39, 0.29) is 17.9 Å². The number of ether oxygens (including phenoxy) is 1. The molecule has 1 N–H and O–H groups in total. The molecule has 1 amide bonds. The van der Waals surface area contributed by atoms with Gasteiger partial charge >= 0.3 is 5.97 Å². The summed E-state index contributed by atoms with van der Waals surface area (Å²) < 4.78 is 5.09. The van der Waals surface area contributed by atoms with Crippen molar-refractivity contribution in [3.8, 4) is 0 Å². The topological polar surface area (TPSA) is 66.8 Å². The minimum atomic E-state index is -0.839. The molecule has 1 fully saturated rings. The average molecular weight is 271 g/mol. The summed E-state index contributed by atoms with van der Waals surface area (Å²) in [6.07, 6.45) is 3.14. The molecule has 1 aliphatic rings. The first-order valence-corrected chi connectivity index (χ1v) is 7.05. The van der Waals surface area contributed by atoms with E-state index in [0.717, 1.165) is 12.8 Å². The lowest BCUT2D eigenvalue weighted by atomic mass is 9.78. The van der Waals surface area contributed by atoms with Crippen molar-refractivity contribution in [3.05, 3.63) is 0 Å². The highest BCUT2D eigenvalue weighted by Gasteiger charge is 2.38. The van der Waals surface area contributed by atoms with Crippen LogP contribution >= 0.6 is 0 Å². The van der Waals surface area contributed by atoms with Gasteiger partial charge in [-0.15, -0.1) is 0 Å². The number of carboxylic acid groups (broad SMARTS) is 1. The van der Waals surface area contributed by atoms with Crippen LogP contribution < -0.4 is 0 Å². The van der Waals surface area contributed by atoms with Gasteiger partial charge in [-0.1, -0.05) is 12.8 Å². The summed E-state index contributed by atoms with van der Waals surface area (Å²) in [6.45, 7) is 4.92. The average Bonchev–Trinajstić information content (AvgIpc) is 2.39. The highest BCUT2D eigenvalue weighted by Crippen LogP contribution is 2.32. The number of methoxy groups -OCH3 is 1. The number of rotatable bonds is 6. The van der Waals surface area contributed by atoms with Crippen LogP contribution in [0.2, 0.25) is 0 Å². The largest absolute Gasteiger partial charge is 0.481 e. The molecule has 0 radical (unpaired) electrons. The van der Waals surface area contributed by atoms with Gasteiger partial charge in [0.25, 0.3) is 0 Å². The molecule has 0 aromatic heterocycles. The highest BCUT2D eigenvalue weighted by atomic mass is 16.5. The predicted molar refractivity (Wildman–Crippen MR) is 71.8 cm³/mol. The summed E-state index contributed by atoms with van der Waals surface area (Å²) in [7, 11) is 1.61. The number of likely N-dealkylation sites (N-methyl/N-ethyl adjacent to an activating group) is 1. The fourth-order valence-corrected chi connectivity index (χ4v) is 2.95. The molecule has 0 heterocycles. The van der Waals surface area contributed by atoms with E-state index >= 15 is 0 Å². The molecule has 0 bridgehead atoms. The van der Waals surface area contributed by atoms with Gasteiger partial charge in [-0.05, 0) is 26.7 Å². The zero-order valence-electron chi connectivity index (χ0n) is 12.1. The summed E-state index contributed by atoms with van der Waals surface area (Å²) in [5.41, 5.74) is 0. The first kappa shape index (κ1) is 16.0. The van der Waals surface area contributed by atoms with Gasteiger partial charge in [0.2, 0.25) is 5.91 Å². The summed E-state index contributed by atoms with van der Waals surface area (Å²) >= 11 is 0. The SMILES string of the molecule is CCN(C(=O)[C@@H]1CCCC[C@@H]1C(=O)O)C(C)COC. The molecule has 110 valence electrons. The second-order valence-electron chi connectivity index (χ2n) is 5.26. The van der Waals surface area contributed by atoms with Gasteiger partial charge in [0, 0.05) is 13.7 Å². The molecule has 0 aromatic carbocycles. The molecule has 0 spiro atoms. The minimum absolute atomic E-state index is 0.0149. The lowest BCUT2D eigenvalue weighted by molar-refractivity contribution is -0.153. The van der Waals surface area contributed by atoms with Crippen LogP contribution in [0.15, 0.2) is 0 Å². The number of carbonyl (C=O) groups excluding carboxylic acids is 1.